The minimum Gasteiger partial charge on any atom is -0.494 e. The minimum atomic E-state index is -3.76. The van der Waals surface area contributed by atoms with Crippen molar-refractivity contribution in [3.63, 3.8) is 0 Å². The van der Waals surface area contributed by atoms with E-state index >= 15 is 0 Å². The van der Waals surface area contributed by atoms with Crippen molar-refractivity contribution in [3.8, 4) is 5.75 Å². The highest BCUT2D eigenvalue weighted by molar-refractivity contribution is 7.89. The molecule has 0 aliphatic carbocycles. The number of halogens is 2. The lowest BCUT2D eigenvalue weighted by molar-refractivity contribution is -0.123. The fourth-order valence-corrected chi connectivity index (χ4v) is 7.38. The summed E-state index contributed by atoms with van der Waals surface area (Å²) >= 11 is 7.79. The van der Waals surface area contributed by atoms with E-state index in [4.69, 9.17) is 21.3 Å². The highest BCUT2D eigenvalue weighted by Crippen LogP contribution is 2.39. The molecule has 38 heavy (non-hydrogen) atoms. The largest absolute Gasteiger partial charge is 0.494 e. The lowest BCUT2D eigenvalue weighted by Gasteiger charge is -2.33. The SMILES string of the molecule is CCN(CC)CCN(C(=O)C1CCN(S(=O)(=O)c2ccc(F)cc2)CC1)c1nc2c(OC)ccc(Cl)c2s1. The first-order valence-electron chi connectivity index (χ1n) is 12.6. The van der Waals surface area contributed by atoms with E-state index in [0.29, 0.717) is 47.4 Å². The molecule has 4 rings (SSSR count). The van der Waals surface area contributed by atoms with Crippen molar-refractivity contribution in [2.24, 2.45) is 5.92 Å². The predicted molar refractivity (Wildman–Crippen MR) is 149 cm³/mol. The third-order valence-electron chi connectivity index (χ3n) is 6.95. The second kappa shape index (κ2) is 12.3. The van der Waals surface area contributed by atoms with Gasteiger partial charge < -0.3 is 9.64 Å². The van der Waals surface area contributed by atoms with Crippen molar-refractivity contribution >= 4 is 54.2 Å². The summed E-state index contributed by atoms with van der Waals surface area (Å²) < 4.78 is 46.9. The lowest BCUT2D eigenvalue weighted by atomic mass is 9.96. The Bertz CT molecular complexity index is 1370. The van der Waals surface area contributed by atoms with Gasteiger partial charge in [0.2, 0.25) is 15.9 Å². The van der Waals surface area contributed by atoms with Crippen LogP contribution in [0.25, 0.3) is 10.2 Å². The summed E-state index contributed by atoms with van der Waals surface area (Å²) in [5.74, 6) is -0.338. The van der Waals surface area contributed by atoms with Crippen LogP contribution >= 0.6 is 22.9 Å². The third kappa shape index (κ3) is 5.96. The first kappa shape index (κ1) is 28.7. The molecule has 3 aromatic rings. The fourth-order valence-electron chi connectivity index (χ4n) is 4.62. The monoisotopic (exact) mass is 582 g/mol. The highest BCUT2D eigenvalue weighted by atomic mass is 35.5. The number of amides is 1. The smallest absolute Gasteiger partial charge is 0.243 e. The maximum absolute atomic E-state index is 13.9. The Morgan fingerprint density at radius 3 is 2.39 bits per heavy atom. The van der Waals surface area contributed by atoms with E-state index in [1.807, 2.05) is 0 Å². The van der Waals surface area contributed by atoms with Crippen LogP contribution < -0.4 is 9.64 Å². The molecule has 1 aliphatic heterocycles. The number of piperidine rings is 1. The third-order valence-corrected chi connectivity index (χ3v) is 10.4. The van der Waals surface area contributed by atoms with Crippen LogP contribution in [0.3, 0.4) is 0 Å². The molecule has 1 saturated heterocycles. The van der Waals surface area contributed by atoms with Gasteiger partial charge in [-0.05, 0) is 62.3 Å². The molecule has 1 aromatic heterocycles. The van der Waals surface area contributed by atoms with Crippen molar-refractivity contribution in [2.45, 2.75) is 31.6 Å². The van der Waals surface area contributed by atoms with Crippen LogP contribution in [0, 0.1) is 11.7 Å². The number of hydrogen-bond acceptors (Lipinski definition) is 7. The number of aromatic nitrogens is 1. The van der Waals surface area contributed by atoms with Crippen LogP contribution in [0.2, 0.25) is 5.02 Å². The van der Waals surface area contributed by atoms with E-state index in [9.17, 15) is 17.6 Å². The number of sulfonamides is 1. The minimum absolute atomic E-state index is 0.0461. The zero-order valence-electron chi connectivity index (χ0n) is 21.7. The first-order chi connectivity index (χ1) is 18.2. The molecule has 1 amide bonds. The van der Waals surface area contributed by atoms with Crippen LogP contribution in [0.4, 0.5) is 9.52 Å². The van der Waals surface area contributed by atoms with Crippen molar-refractivity contribution < 1.29 is 22.3 Å². The number of carbonyl (C=O) groups is 1. The molecule has 0 spiro atoms. The summed E-state index contributed by atoms with van der Waals surface area (Å²) in [6.45, 7) is 7.42. The number of ether oxygens (including phenoxy) is 1. The average Bonchev–Trinajstić information content (AvgIpc) is 3.37. The van der Waals surface area contributed by atoms with Gasteiger partial charge in [0.05, 0.1) is 21.7 Å². The highest BCUT2D eigenvalue weighted by Gasteiger charge is 2.35. The van der Waals surface area contributed by atoms with Gasteiger partial charge in [0.1, 0.15) is 17.1 Å². The van der Waals surface area contributed by atoms with Crippen LogP contribution in [-0.4, -0.2) is 74.9 Å². The first-order valence-corrected chi connectivity index (χ1v) is 15.3. The van der Waals surface area contributed by atoms with E-state index < -0.39 is 15.8 Å². The number of methoxy groups -OCH3 is 1. The molecule has 12 heteroatoms. The van der Waals surface area contributed by atoms with Gasteiger partial charge in [0.15, 0.2) is 5.13 Å². The molecule has 8 nitrogen and oxygen atoms in total. The molecular weight excluding hydrogens is 551 g/mol. The predicted octanol–water partition coefficient (Wildman–Crippen LogP) is 4.87. The molecule has 2 heterocycles. The number of carbonyl (C=O) groups excluding carboxylic acids is 1. The lowest BCUT2D eigenvalue weighted by Crippen LogP contribution is -2.46. The van der Waals surface area contributed by atoms with Gasteiger partial charge in [0, 0.05) is 32.1 Å². The zero-order chi connectivity index (χ0) is 27.4. The van der Waals surface area contributed by atoms with E-state index in [2.05, 4.69) is 18.7 Å². The summed E-state index contributed by atoms with van der Waals surface area (Å²) in [5, 5.41) is 1.09. The van der Waals surface area contributed by atoms with Crippen molar-refractivity contribution in [1.82, 2.24) is 14.2 Å². The summed E-state index contributed by atoms with van der Waals surface area (Å²) in [6.07, 6.45) is 0.770. The molecule has 0 radical (unpaired) electrons. The normalized spacial score (nSPS) is 15.3. The number of nitrogens with zero attached hydrogens (tertiary/aromatic N) is 4. The molecule has 0 saturated carbocycles. The molecule has 0 N–H and O–H groups in total. The Hall–Kier alpha value is -2.31. The maximum atomic E-state index is 13.9. The van der Waals surface area contributed by atoms with Gasteiger partial charge in [-0.25, -0.2) is 17.8 Å². The number of hydrogen-bond donors (Lipinski definition) is 0. The Balaban J connectivity index is 1.56. The zero-order valence-corrected chi connectivity index (χ0v) is 24.1. The molecule has 206 valence electrons. The number of anilines is 1. The molecule has 0 atom stereocenters. The molecule has 0 unspecified atom stereocenters. The van der Waals surface area contributed by atoms with Gasteiger partial charge in [-0.3, -0.25) is 9.69 Å². The molecule has 1 aliphatic rings. The summed E-state index contributed by atoms with van der Waals surface area (Å²) in [4.78, 5) is 22.6. The van der Waals surface area contributed by atoms with Crippen LogP contribution in [0.1, 0.15) is 26.7 Å². The van der Waals surface area contributed by atoms with Gasteiger partial charge in [0.25, 0.3) is 0 Å². The Labute approximate surface area is 232 Å². The summed E-state index contributed by atoms with van der Waals surface area (Å²) in [5.41, 5.74) is 0.612. The molecule has 2 aromatic carbocycles. The Kier molecular flexibility index (Phi) is 9.25. The molecule has 0 bridgehead atoms. The molecular formula is C26H32ClFN4O4S2. The molecule has 1 fully saturated rings. The van der Waals surface area contributed by atoms with Crippen LogP contribution in [0.15, 0.2) is 41.3 Å². The maximum Gasteiger partial charge on any atom is 0.243 e. The van der Waals surface area contributed by atoms with Gasteiger partial charge >= 0.3 is 0 Å². The second-order valence-corrected chi connectivity index (χ2v) is 12.4. The van der Waals surface area contributed by atoms with Gasteiger partial charge in [-0.15, -0.1) is 0 Å². The van der Waals surface area contributed by atoms with E-state index in [1.165, 1.54) is 27.8 Å². The van der Waals surface area contributed by atoms with Crippen LogP contribution in [0.5, 0.6) is 5.75 Å². The summed E-state index contributed by atoms with van der Waals surface area (Å²) in [7, 11) is -2.19. The number of thiazole rings is 1. The van der Waals surface area contributed by atoms with Crippen LogP contribution in [-0.2, 0) is 14.8 Å². The number of benzene rings is 2. The van der Waals surface area contributed by atoms with Crippen molar-refractivity contribution in [1.29, 1.82) is 0 Å². The Morgan fingerprint density at radius 1 is 1.13 bits per heavy atom. The van der Waals surface area contributed by atoms with Crippen molar-refractivity contribution in [3.05, 3.63) is 47.2 Å². The van der Waals surface area contributed by atoms with E-state index in [1.54, 1.807) is 24.1 Å². The number of likely N-dealkylation sites (N-methyl/N-ethyl adjacent to an activating group) is 1. The van der Waals surface area contributed by atoms with E-state index in [0.717, 1.165) is 29.9 Å². The van der Waals surface area contributed by atoms with Gasteiger partial charge in [-0.2, -0.15) is 4.31 Å². The van der Waals surface area contributed by atoms with Gasteiger partial charge in [-0.1, -0.05) is 36.8 Å². The Morgan fingerprint density at radius 2 is 1.79 bits per heavy atom. The topological polar surface area (TPSA) is 83.0 Å². The average molecular weight is 583 g/mol. The number of rotatable bonds is 10. The second-order valence-electron chi connectivity index (χ2n) is 9.07. The fraction of sp³-hybridized carbons (Fsp3) is 0.462. The quantitative estimate of drug-likeness (QED) is 0.339. The standard InChI is InChI=1S/C26H32ClFN4O4S2/c1-4-30(5-2)16-17-32(26-29-23-22(36-3)11-10-21(27)24(23)37-26)25(33)18-12-14-31(15-13-18)38(34,35)20-8-6-19(28)7-9-20/h6-11,18H,4-5,12-17H2,1-3H3. The van der Waals surface area contributed by atoms with E-state index in [-0.39, 0.29) is 29.8 Å². The number of fused-ring (bicyclic) bond motifs is 1. The summed E-state index contributed by atoms with van der Waals surface area (Å²) in [6, 6.07) is 8.32. The van der Waals surface area contributed by atoms with Crippen molar-refractivity contribution in [2.75, 3.05) is 51.3 Å².